The van der Waals surface area contributed by atoms with Gasteiger partial charge in [-0.05, 0) is 49.9 Å². The van der Waals surface area contributed by atoms with Crippen LogP contribution in [-0.4, -0.2) is 19.0 Å². The first-order valence-electron chi connectivity index (χ1n) is 10.5. The lowest BCUT2D eigenvalue weighted by molar-refractivity contribution is -0.133. The van der Waals surface area contributed by atoms with Crippen LogP contribution in [0.1, 0.15) is 87.4 Å². The maximum Gasteiger partial charge on any atom is 0.389 e. The second kappa shape index (κ2) is 15.2. The molecule has 0 unspecified atom stereocenters. The highest BCUT2D eigenvalue weighted by molar-refractivity contribution is 5.75. The largest absolute Gasteiger partial charge is 0.389 e. The van der Waals surface area contributed by atoms with Crippen LogP contribution in [0.3, 0.4) is 0 Å². The zero-order valence-electron chi connectivity index (χ0n) is 16.8. The predicted octanol–water partition coefficient (Wildman–Crippen LogP) is 7.71. The first kappa shape index (κ1) is 24.3. The van der Waals surface area contributed by atoms with Crippen LogP contribution < -0.4 is 5.32 Å². The van der Waals surface area contributed by atoms with Crippen molar-refractivity contribution >= 4 is 12.0 Å². The molecule has 0 radical (unpaired) electrons. The molecule has 1 aromatic rings. The van der Waals surface area contributed by atoms with Gasteiger partial charge in [-0.15, -0.1) is 0 Å². The summed E-state index contributed by atoms with van der Waals surface area (Å²) < 4.78 is 35.9. The number of rotatable bonds is 16. The number of halogens is 3. The van der Waals surface area contributed by atoms with Crippen molar-refractivity contribution in [2.75, 3.05) is 11.9 Å². The van der Waals surface area contributed by atoms with Crippen molar-refractivity contribution in [2.24, 2.45) is 0 Å². The first-order valence-corrected chi connectivity index (χ1v) is 10.5. The fourth-order valence-electron chi connectivity index (χ4n) is 3.02. The summed E-state index contributed by atoms with van der Waals surface area (Å²) in [5, 5.41) is 3.37. The van der Waals surface area contributed by atoms with Crippen LogP contribution in [0.25, 0.3) is 0 Å². The number of hydrogen-bond acceptors (Lipinski definition) is 2. The second-order valence-corrected chi connectivity index (χ2v) is 7.26. The number of carbonyl (C=O) groups is 1. The minimum Gasteiger partial charge on any atom is -0.385 e. The molecule has 5 heteroatoms. The summed E-state index contributed by atoms with van der Waals surface area (Å²) in [7, 11) is 0. The van der Waals surface area contributed by atoms with E-state index in [1.165, 1.54) is 38.5 Å². The van der Waals surface area contributed by atoms with Crippen LogP contribution >= 0.6 is 0 Å². The summed E-state index contributed by atoms with van der Waals surface area (Å²) in [6.45, 7) is 0.955. The molecule has 2 nitrogen and oxygen atoms in total. The van der Waals surface area contributed by atoms with Crippen molar-refractivity contribution in [3.05, 3.63) is 42.0 Å². The van der Waals surface area contributed by atoms with E-state index >= 15 is 0 Å². The van der Waals surface area contributed by atoms with Gasteiger partial charge >= 0.3 is 6.18 Å². The molecule has 0 aliphatic rings. The molecule has 0 amide bonds. The Balaban J connectivity index is 1.81. The zero-order valence-corrected chi connectivity index (χ0v) is 16.8. The molecule has 28 heavy (non-hydrogen) atoms. The lowest BCUT2D eigenvalue weighted by Gasteiger charge is -2.06. The van der Waals surface area contributed by atoms with Gasteiger partial charge < -0.3 is 5.32 Å². The van der Waals surface area contributed by atoms with Crippen molar-refractivity contribution in [3.63, 3.8) is 0 Å². The molecule has 0 heterocycles. The number of nitrogens with one attached hydrogen (secondary N) is 1. The van der Waals surface area contributed by atoms with E-state index in [9.17, 15) is 18.0 Å². The van der Waals surface area contributed by atoms with E-state index < -0.39 is 12.6 Å². The third kappa shape index (κ3) is 14.3. The lowest BCUT2D eigenvalue weighted by atomic mass is 10.1. The van der Waals surface area contributed by atoms with Crippen molar-refractivity contribution in [1.82, 2.24) is 0 Å². The highest BCUT2D eigenvalue weighted by Gasteiger charge is 2.25. The summed E-state index contributed by atoms with van der Waals surface area (Å²) in [5.74, 6) is 0. The number of allylic oxidation sites excluding steroid dienone is 2. The van der Waals surface area contributed by atoms with Gasteiger partial charge in [-0.2, -0.15) is 13.2 Å². The number of hydrogen-bond donors (Lipinski definition) is 1. The standard InChI is InChI=1S/C23H34F3NO/c24-23(25,26)18-12-10-8-6-4-2-1-3-5-7-9-11-13-19-27-22-16-14-21(20-28)15-17-22/h8,10,14-17,20,27H,1-7,9,11-13,18-19H2. The monoisotopic (exact) mass is 397 g/mol. The van der Waals surface area contributed by atoms with Gasteiger partial charge in [-0.1, -0.05) is 57.1 Å². The van der Waals surface area contributed by atoms with E-state index in [1.807, 2.05) is 30.3 Å². The molecule has 158 valence electrons. The molecule has 0 atom stereocenters. The van der Waals surface area contributed by atoms with E-state index in [0.717, 1.165) is 44.2 Å². The summed E-state index contributed by atoms with van der Waals surface area (Å²) in [5.41, 5.74) is 1.75. The minimum absolute atomic E-state index is 0.103. The molecule has 0 saturated carbocycles. The van der Waals surface area contributed by atoms with Crippen molar-refractivity contribution < 1.29 is 18.0 Å². The lowest BCUT2D eigenvalue weighted by Crippen LogP contribution is -2.05. The van der Waals surface area contributed by atoms with Crippen LogP contribution in [0.15, 0.2) is 36.4 Å². The van der Waals surface area contributed by atoms with Gasteiger partial charge in [0, 0.05) is 24.2 Å². The molecule has 0 bridgehead atoms. The van der Waals surface area contributed by atoms with Gasteiger partial charge in [0.25, 0.3) is 0 Å². The molecule has 0 saturated heterocycles. The van der Waals surface area contributed by atoms with Crippen LogP contribution in [0.2, 0.25) is 0 Å². The van der Waals surface area contributed by atoms with Gasteiger partial charge in [0.05, 0.1) is 0 Å². The Morgan fingerprint density at radius 3 is 1.86 bits per heavy atom. The second-order valence-electron chi connectivity index (χ2n) is 7.26. The summed E-state index contributed by atoms with van der Waals surface area (Å²) in [6, 6.07) is 7.50. The van der Waals surface area contributed by atoms with Gasteiger partial charge in [0.2, 0.25) is 0 Å². The van der Waals surface area contributed by atoms with Crippen LogP contribution in [0.4, 0.5) is 18.9 Å². The summed E-state index contributed by atoms with van der Waals surface area (Å²) >= 11 is 0. The Morgan fingerprint density at radius 2 is 1.29 bits per heavy atom. The highest BCUT2D eigenvalue weighted by Crippen LogP contribution is 2.21. The Labute approximate surface area is 167 Å². The molecule has 1 aromatic carbocycles. The highest BCUT2D eigenvalue weighted by atomic mass is 19.4. The van der Waals surface area contributed by atoms with Crippen LogP contribution in [0, 0.1) is 0 Å². The molecule has 0 spiro atoms. The van der Waals surface area contributed by atoms with E-state index in [4.69, 9.17) is 0 Å². The number of anilines is 1. The number of benzene rings is 1. The van der Waals surface area contributed by atoms with E-state index in [0.29, 0.717) is 5.56 Å². The van der Waals surface area contributed by atoms with E-state index in [1.54, 1.807) is 6.08 Å². The fraction of sp³-hybridized carbons (Fsp3) is 0.609. The van der Waals surface area contributed by atoms with Gasteiger partial charge in [0.15, 0.2) is 0 Å². The molecule has 0 aromatic heterocycles. The van der Waals surface area contributed by atoms with Crippen LogP contribution in [0.5, 0.6) is 0 Å². The average Bonchev–Trinajstić information content (AvgIpc) is 2.67. The van der Waals surface area contributed by atoms with Crippen molar-refractivity contribution in [3.8, 4) is 0 Å². The third-order valence-corrected chi connectivity index (χ3v) is 4.68. The average molecular weight is 398 g/mol. The topological polar surface area (TPSA) is 29.1 Å². The Morgan fingerprint density at radius 1 is 0.750 bits per heavy atom. The quantitative estimate of drug-likeness (QED) is 0.176. The van der Waals surface area contributed by atoms with Crippen molar-refractivity contribution in [2.45, 2.75) is 83.2 Å². The van der Waals surface area contributed by atoms with E-state index in [2.05, 4.69) is 5.32 Å². The number of carbonyl (C=O) groups excluding carboxylic acids is 1. The minimum atomic E-state index is -4.04. The maximum atomic E-state index is 12.0. The molecule has 1 rings (SSSR count). The third-order valence-electron chi connectivity index (χ3n) is 4.68. The number of aldehydes is 1. The van der Waals surface area contributed by atoms with Crippen LogP contribution in [-0.2, 0) is 0 Å². The maximum absolute atomic E-state index is 12.0. The summed E-state index contributed by atoms with van der Waals surface area (Å²) in [6.07, 6.45) is 11.5. The Kier molecular flexibility index (Phi) is 13.2. The first-order chi connectivity index (χ1) is 13.5. The Hall–Kier alpha value is -1.78. The number of alkyl halides is 3. The molecule has 0 aliphatic heterocycles. The molecule has 0 aliphatic carbocycles. The van der Waals surface area contributed by atoms with Gasteiger partial charge in [-0.3, -0.25) is 4.79 Å². The Bertz CT molecular complexity index is 538. The van der Waals surface area contributed by atoms with Gasteiger partial charge in [0.1, 0.15) is 6.29 Å². The molecular weight excluding hydrogens is 363 g/mol. The van der Waals surface area contributed by atoms with Gasteiger partial charge in [-0.25, -0.2) is 0 Å². The molecule has 0 fully saturated rings. The molecular formula is C23H34F3NO. The number of unbranched alkanes of at least 4 members (excludes halogenated alkanes) is 9. The smallest absolute Gasteiger partial charge is 0.385 e. The normalized spacial score (nSPS) is 11.8. The summed E-state index contributed by atoms with van der Waals surface area (Å²) in [4.78, 5) is 10.6. The fourth-order valence-corrected chi connectivity index (χ4v) is 3.02. The predicted molar refractivity (Wildman–Crippen MR) is 111 cm³/mol. The van der Waals surface area contributed by atoms with Crippen molar-refractivity contribution in [1.29, 1.82) is 0 Å². The zero-order chi connectivity index (χ0) is 20.5. The molecule has 1 N–H and O–H groups in total. The SMILES string of the molecule is O=Cc1ccc(NCCCCCCCCCCCC=CCCC(F)(F)F)cc1. The van der Waals surface area contributed by atoms with E-state index in [-0.39, 0.29) is 6.42 Å².